The van der Waals surface area contributed by atoms with Gasteiger partial charge in [0.05, 0.1) is 19.2 Å². The number of fused-ring (bicyclic) bond motifs is 1. The van der Waals surface area contributed by atoms with Crippen molar-refractivity contribution < 1.29 is 24.2 Å². The number of aliphatic hydroxyl groups is 1. The molecule has 174 valence electrons. The number of likely N-dealkylation sites (N-methyl/N-ethyl adjacent to an activating group) is 1. The summed E-state index contributed by atoms with van der Waals surface area (Å²) >= 11 is 0. The Hall–Kier alpha value is -2.63. The Kier molecular flexibility index (Phi) is 8.10. The summed E-state index contributed by atoms with van der Waals surface area (Å²) in [5.74, 6) is 5.95. The molecular formula is C24H33N3O5. The van der Waals surface area contributed by atoms with Crippen molar-refractivity contribution in [3.8, 4) is 17.7 Å². The van der Waals surface area contributed by atoms with Crippen LogP contribution in [0.2, 0.25) is 0 Å². The van der Waals surface area contributed by atoms with Crippen LogP contribution in [0, 0.1) is 23.7 Å². The molecule has 3 rings (SSSR count). The number of rotatable bonds is 6. The normalized spacial score (nSPS) is 21.8. The summed E-state index contributed by atoms with van der Waals surface area (Å²) in [6, 6.07) is 1.30. The van der Waals surface area contributed by atoms with Gasteiger partial charge < -0.3 is 24.4 Å². The van der Waals surface area contributed by atoms with E-state index < -0.39 is 0 Å². The average Bonchev–Trinajstić information content (AvgIpc) is 2.74. The van der Waals surface area contributed by atoms with Gasteiger partial charge in [-0.3, -0.25) is 9.59 Å². The monoisotopic (exact) mass is 443 g/mol. The van der Waals surface area contributed by atoms with Crippen LogP contribution in [-0.4, -0.2) is 84.3 Å². The van der Waals surface area contributed by atoms with Gasteiger partial charge in [-0.2, -0.15) is 0 Å². The number of hydrogen-bond acceptors (Lipinski definition) is 6. The standard InChI is InChI=1S/C24H33N3O5/c1-16-13-27(17(2)15-28)24(30)20-11-18(7-6-10-31-4)12-25-22(20)32-21(16)14-26(3)23(29)19-8-5-9-19/h11-12,16-17,19,21,28H,5,8-10,13-15H2,1-4H3/t16-,17+,21+/m0/s1. The Labute approximate surface area is 189 Å². The average molecular weight is 444 g/mol. The van der Waals surface area contributed by atoms with E-state index in [0.29, 0.717) is 24.2 Å². The number of aromatic nitrogens is 1. The Bertz CT molecular complexity index is 889. The fourth-order valence-electron chi connectivity index (χ4n) is 3.93. The zero-order valence-corrected chi connectivity index (χ0v) is 19.3. The lowest BCUT2D eigenvalue weighted by molar-refractivity contribution is -0.138. The number of ether oxygens (including phenoxy) is 2. The number of pyridine rings is 1. The molecule has 0 radical (unpaired) electrons. The molecule has 2 heterocycles. The first-order valence-corrected chi connectivity index (χ1v) is 11.2. The fraction of sp³-hybridized carbons (Fsp3) is 0.625. The van der Waals surface area contributed by atoms with Gasteiger partial charge in [-0.1, -0.05) is 25.2 Å². The van der Waals surface area contributed by atoms with Crippen molar-refractivity contribution >= 4 is 11.8 Å². The molecule has 8 heteroatoms. The molecule has 0 aromatic carbocycles. The maximum Gasteiger partial charge on any atom is 0.259 e. The van der Waals surface area contributed by atoms with Gasteiger partial charge in [0.2, 0.25) is 11.8 Å². The molecule has 2 aliphatic rings. The van der Waals surface area contributed by atoms with Gasteiger partial charge >= 0.3 is 0 Å². The molecule has 0 unspecified atom stereocenters. The van der Waals surface area contributed by atoms with Crippen LogP contribution in [0.5, 0.6) is 5.88 Å². The van der Waals surface area contributed by atoms with Crippen LogP contribution in [0.25, 0.3) is 0 Å². The van der Waals surface area contributed by atoms with Gasteiger partial charge in [0, 0.05) is 44.3 Å². The number of amides is 2. The number of methoxy groups -OCH3 is 1. The van der Waals surface area contributed by atoms with Crippen molar-refractivity contribution in [2.45, 2.75) is 45.3 Å². The van der Waals surface area contributed by atoms with Gasteiger partial charge in [0.15, 0.2) is 0 Å². The van der Waals surface area contributed by atoms with E-state index in [9.17, 15) is 14.7 Å². The first-order valence-electron chi connectivity index (χ1n) is 11.2. The third-order valence-electron chi connectivity index (χ3n) is 6.25. The van der Waals surface area contributed by atoms with Gasteiger partial charge in [-0.05, 0) is 25.8 Å². The van der Waals surface area contributed by atoms with Gasteiger partial charge in [0.25, 0.3) is 5.91 Å². The van der Waals surface area contributed by atoms with Gasteiger partial charge in [-0.15, -0.1) is 0 Å². The second-order valence-corrected chi connectivity index (χ2v) is 8.78. The maximum absolute atomic E-state index is 13.3. The molecule has 1 aliphatic heterocycles. The summed E-state index contributed by atoms with van der Waals surface area (Å²) < 4.78 is 11.2. The van der Waals surface area contributed by atoms with Crippen LogP contribution in [0.1, 0.15) is 49.0 Å². The molecule has 32 heavy (non-hydrogen) atoms. The molecule has 1 fully saturated rings. The molecule has 1 N–H and O–H groups in total. The summed E-state index contributed by atoms with van der Waals surface area (Å²) in [4.78, 5) is 33.8. The van der Waals surface area contributed by atoms with E-state index in [2.05, 4.69) is 16.8 Å². The lowest BCUT2D eigenvalue weighted by Crippen LogP contribution is -2.51. The van der Waals surface area contributed by atoms with E-state index in [0.717, 1.165) is 19.3 Å². The molecular weight excluding hydrogens is 410 g/mol. The minimum atomic E-state index is -0.367. The Balaban J connectivity index is 1.91. The van der Waals surface area contributed by atoms with Crippen LogP contribution in [0.4, 0.5) is 0 Å². The van der Waals surface area contributed by atoms with Gasteiger partial charge in [-0.25, -0.2) is 4.98 Å². The minimum absolute atomic E-state index is 0.0688. The lowest BCUT2D eigenvalue weighted by atomic mass is 9.84. The van der Waals surface area contributed by atoms with E-state index >= 15 is 0 Å². The second kappa shape index (κ2) is 10.8. The Morgan fingerprint density at radius 1 is 1.47 bits per heavy atom. The molecule has 8 nitrogen and oxygen atoms in total. The first kappa shape index (κ1) is 24.0. The highest BCUT2D eigenvalue weighted by Crippen LogP contribution is 2.30. The second-order valence-electron chi connectivity index (χ2n) is 8.78. The summed E-state index contributed by atoms with van der Waals surface area (Å²) in [6.45, 7) is 4.73. The fourth-order valence-corrected chi connectivity index (χ4v) is 3.93. The maximum atomic E-state index is 13.3. The highest BCUT2D eigenvalue weighted by atomic mass is 16.5. The van der Waals surface area contributed by atoms with E-state index in [-0.39, 0.29) is 54.9 Å². The van der Waals surface area contributed by atoms with E-state index in [1.807, 2.05) is 13.8 Å². The third-order valence-corrected chi connectivity index (χ3v) is 6.25. The SMILES string of the molecule is COCC#Cc1cnc2c(c1)C(=O)N([C@H](C)CO)C[C@H](C)[C@@H](CN(C)C(=O)C1CCC1)O2. The predicted octanol–water partition coefficient (Wildman–Crippen LogP) is 1.56. The highest BCUT2D eigenvalue weighted by molar-refractivity contribution is 5.97. The zero-order valence-electron chi connectivity index (χ0n) is 19.3. The third kappa shape index (κ3) is 5.40. The Morgan fingerprint density at radius 2 is 2.22 bits per heavy atom. The molecule has 1 aromatic heterocycles. The van der Waals surface area contributed by atoms with E-state index in [1.54, 1.807) is 36.2 Å². The number of carbonyl (C=O) groups is 2. The van der Waals surface area contributed by atoms with Crippen LogP contribution in [-0.2, 0) is 9.53 Å². The quantitative estimate of drug-likeness (QED) is 0.671. The van der Waals surface area contributed by atoms with Crippen molar-refractivity contribution in [3.05, 3.63) is 23.4 Å². The molecule has 2 amide bonds. The molecule has 3 atom stereocenters. The minimum Gasteiger partial charge on any atom is -0.472 e. The topological polar surface area (TPSA) is 92.2 Å². The van der Waals surface area contributed by atoms with Crippen molar-refractivity contribution in [1.29, 1.82) is 0 Å². The summed E-state index contributed by atoms with van der Waals surface area (Å²) in [7, 11) is 3.37. The number of nitrogens with zero attached hydrogens (tertiary/aromatic N) is 3. The van der Waals surface area contributed by atoms with Crippen LogP contribution < -0.4 is 4.74 Å². The van der Waals surface area contributed by atoms with Crippen molar-refractivity contribution in [2.75, 3.05) is 40.5 Å². The molecule has 0 spiro atoms. The van der Waals surface area contributed by atoms with E-state index in [4.69, 9.17) is 9.47 Å². The first-order chi connectivity index (χ1) is 15.3. The molecule has 0 bridgehead atoms. The molecule has 1 aromatic rings. The van der Waals surface area contributed by atoms with Crippen molar-refractivity contribution in [2.24, 2.45) is 11.8 Å². The largest absolute Gasteiger partial charge is 0.472 e. The molecule has 1 saturated carbocycles. The summed E-state index contributed by atoms with van der Waals surface area (Å²) in [6.07, 6.45) is 4.21. The summed E-state index contributed by atoms with van der Waals surface area (Å²) in [5.41, 5.74) is 0.885. The van der Waals surface area contributed by atoms with E-state index in [1.165, 1.54) is 0 Å². The van der Waals surface area contributed by atoms with Gasteiger partial charge in [0.1, 0.15) is 18.3 Å². The smallest absolute Gasteiger partial charge is 0.259 e. The highest BCUT2D eigenvalue weighted by Gasteiger charge is 2.36. The van der Waals surface area contributed by atoms with Crippen LogP contribution >= 0.6 is 0 Å². The van der Waals surface area contributed by atoms with Crippen molar-refractivity contribution in [3.63, 3.8) is 0 Å². The number of carbonyl (C=O) groups excluding carboxylic acids is 2. The lowest BCUT2D eigenvalue weighted by Gasteiger charge is -2.38. The Morgan fingerprint density at radius 3 is 2.84 bits per heavy atom. The summed E-state index contributed by atoms with van der Waals surface area (Å²) in [5, 5.41) is 9.75. The van der Waals surface area contributed by atoms with Crippen LogP contribution in [0.3, 0.4) is 0 Å². The molecule has 1 aliphatic carbocycles. The van der Waals surface area contributed by atoms with Crippen molar-refractivity contribution in [1.82, 2.24) is 14.8 Å². The number of hydrogen-bond donors (Lipinski definition) is 1. The molecule has 0 saturated heterocycles. The van der Waals surface area contributed by atoms with Crippen LogP contribution in [0.15, 0.2) is 12.3 Å². The predicted molar refractivity (Wildman–Crippen MR) is 119 cm³/mol. The zero-order chi connectivity index (χ0) is 23.3. The number of aliphatic hydroxyl groups excluding tert-OH is 1.